The van der Waals surface area contributed by atoms with Crippen LogP contribution in [0.15, 0.2) is 12.1 Å². The molecular formula is C11H11ClN4O3S. The highest BCUT2D eigenvalue weighted by Crippen LogP contribution is 2.29. The lowest BCUT2D eigenvalue weighted by molar-refractivity contribution is -0.137. The molecule has 1 heterocycles. The van der Waals surface area contributed by atoms with Gasteiger partial charge < -0.3 is 15.7 Å². The van der Waals surface area contributed by atoms with Gasteiger partial charge in [0.25, 0.3) is 0 Å². The summed E-state index contributed by atoms with van der Waals surface area (Å²) in [6, 6.07) is 2.28. The number of amides is 2. The van der Waals surface area contributed by atoms with Crippen molar-refractivity contribution in [2.24, 2.45) is 0 Å². The van der Waals surface area contributed by atoms with Crippen LogP contribution in [0.5, 0.6) is 0 Å². The molecule has 2 rings (SSSR count). The number of fused-ring (bicyclic) bond motifs is 1. The van der Waals surface area contributed by atoms with Crippen LogP contribution in [0.25, 0.3) is 11.0 Å². The van der Waals surface area contributed by atoms with Crippen molar-refractivity contribution in [3.05, 3.63) is 17.2 Å². The fraction of sp³-hybridized carbons (Fsp3) is 0.273. The van der Waals surface area contributed by atoms with Crippen molar-refractivity contribution < 1.29 is 14.7 Å². The number of carboxylic acid groups (broad SMARTS) is 1. The molecule has 0 saturated heterocycles. The molecule has 0 radical (unpaired) electrons. The third-order valence-corrected chi connectivity index (χ3v) is 3.33. The normalized spacial score (nSPS) is 12.1. The molecule has 7 nitrogen and oxygen atoms in total. The fourth-order valence-electron chi connectivity index (χ4n) is 1.63. The highest BCUT2D eigenvalue weighted by molar-refractivity contribution is 7.00. The zero-order chi connectivity index (χ0) is 14.7. The molecule has 2 amide bonds. The summed E-state index contributed by atoms with van der Waals surface area (Å²) in [5.41, 5.74) is 1.50. The van der Waals surface area contributed by atoms with E-state index in [9.17, 15) is 9.59 Å². The second-order valence-electron chi connectivity index (χ2n) is 4.15. The Kier molecular flexibility index (Phi) is 4.35. The van der Waals surface area contributed by atoms with Crippen LogP contribution in [0, 0.1) is 0 Å². The molecule has 0 fully saturated rings. The Balaban J connectivity index is 2.11. The first-order valence-corrected chi connectivity index (χ1v) is 6.78. The number of nitrogens with one attached hydrogen (secondary N) is 2. The van der Waals surface area contributed by atoms with Gasteiger partial charge in [-0.05, 0) is 19.1 Å². The van der Waals surface area contributed by atoms with E-state index in [1.54, 1.807) is 19.1 Å². The highest BCUT2D eigenvalue weighted by Gasteiger charge is 2.15. The molecule has 3 N–H and O–H groups in total. The number of benzene rings is 1. The number of anilines is 1. The van der Waals surface area contributed by atoms with Gasteiger partial charge in [-0.3, -0.25) is 4.79 Å². The van der Waals surface area contributed by atoms with Gasteiger partial charge in [0, 0.05) is 6.04 Å². The van der Waals surface area contributed by atoms with E-state index in [-0.39, 0.29) is 6.42 Å². The van der Waals surface area contributed by atoms with E-state index in [4.69, 9.17) is 16.7 Å². The first-order valence-electron chi connectivity index (χ1n) is 5.67. The van der Waals surface area contributed by atoms with Crippen LogP contribution in [0.4, 0.5) is 10.5 Å². The van der Waals surface area contributed by atoms with Crippen LogP contribution in [0.1, 0.15) is 13.3 Å². The first-order chi connectivity index (χ1) is 9.47. The van der Waals surface area contributed by atoms with Crippen LogP contribution >= 0.6 is 23.3 Å². The molecule has 0 saturated carbocycles. The molecule has 0 aliphatic heterocycles. The summed E-state index contributed by atoms with van der Waals surface area (Å²) in [4.78, 5) is 22.3. The number of carboxylic acids is 1. The van der Waals surface area contributed by atoms with Crippen LogP contribution in [0.3, 0.4) is 0 Å². The van der Waals surface area contributed by atoms with Crippen molar-refractivity contribution in [3.8, 4) is 0 Å². The quantitative estimate of drug-likeness (QED) is 0.803. The summed E-state index contributed by atoms with van der Waals surface area (Å²) in [5, 5.41) is 14.1. The molecule has 0 spiro atoms. The van der Waals surface area contributed by atoms with Crippen molar-refractivity contribution in [1.82, 2.24) is 14.1 Å². The molecule has 0 aliphatic rings. The summed E-state index contributed by atoms with van der Waals surface area (Å²) in [6.07, 6.45) is -0.163. The van der Waals surface area contributed by atoms with Crippen molar-refractivity contribution in [3.63, 3.8) is 0 Å². The Morgan fingerprint density at radius 1 is 1.45 bits per heavy atom. The van der Waals surface area contributed by atoms with Crippen LogP contribution in [-0.2, 0) is 4.79 Å². The predicted octanol–water partition coefficient (Wildman–Crippen LogP) is 2.33. The molecule has 20 heavy (non-hydrogen) atoms. The van der Waals surface area contributed by atoms with Gasteiger partial charge in [0.2, 0.25) is 0 Å². The minimum Gasteiger partial charge on any atom is -0.481 e. The summed E-state index contributed by atoms with van der Waals surface area (Å²) in [7, 11) is 0. The third kappa shape index (κ3) is 3.34. The largest absolute Gasteiger partial charge is 0.481 e. The molecule has 1 atom stereocenters. The number of urea groups is 1. The molecule has 106 valence electrons. The average Bonchev–Trinajstić information content (AvgIpc) is 2.80. The molecule has 0 bridgehead atoms. The van der Waals surface area contributed by atoms with Crippen molar-refractivity contribution in [2.45, 2.75) is 19.4 Å². The van der Waals surface area contributed by atoms with E-state index in [0.29, 0.717) is 21.7 Å². The lowest BCUT2D eigenvalue weighted by Gasteiger charge is -2.13. The molecule has 0 aliphatic carbocycles. The summed E-state index contributed by atoms with van der Waals surface area (Å²) in [5.74, 6) is -0.985. The van der Waals surface area contributed by atoms with Gasteiger partial charge in [0.15, 0.2) is 0 Å². The molecule has 9 heteroatoms. The first kappa shape index (κ1) is 14.5. The van der Waals surface area contributed by atoms with E-state index >= 15 is 0 Å². The molecule has 2 aromatic rings. The second-order valence-corrected chi connectivity index (χ2v) is 5.09. The van der Waals surface area contributed by atoms with E-state index in [2.05, 4.69) is 19.4 Å². The van der Waals surface area contributed by atoms with Crippen molar-refractivity contribution in [1.29, 1.82) is 0 Å². The zero-order valence-corrected chi connectivity index (χ0v) is 12.0. The summed E-state index contributed by atoms with van der Waals surface area (Å²) >= 11 is 7.04. The van der Waals surface area contributed by atoms with Crippen molar-refractivity contribution >= 4 is 52.1 Å². The monoisotopic (exact) mass is 314 g/mol. The maximum Gasteiger partial charge on any atom is 0.319 e. The number of hydrogen-bond donors (Lipinski definition) is 3. The maximum absolute atomic E-state index is 11.8. The number of carbonyl (C=O) groups excluding carboxylic acids is 1. The van der Waals surface area contributed by atoms with Gasteiger partial charge in [0.05, 0.1) is 28.9 Å². The number of nitrogens with zero attached hydrogens (tertiary/aromatic N) is 2. The van der Waals surface area contributed by atoms with Crippen molar-refractivity contribution in [2.75, 3.05) is 5.32 Å². The Morgan fingerprint density at radius 3 is 2.90 bits per heavy atom. The van der Waals surface area contributed by atoms with Gasteiger partial charge in [-0.15, -0.1) is 0 Å². The predicted molar refractivity (Wildman–Crippen MR) is 76.3 cm³/mol. The van der Waals surface area contributed by atoms with Gasteiger partial charge >= 0.3 is 12.0 Å². The second kappa shape index (κ2) is 6.02. The number of hydrogen-bond acceptors (Lipinski definition) is 5. The summed E-state index contributed by atoms with van der Waals surface area (Å²) in [6.45, 7) is 1.60. The van der Waals surface area contributed by atoms with Gasteiger partial charge in [-0.1, -0.05) is 11.6 Å². The molecular weight excluding hydrogens is 304 g/mol. The van der Waals surface area contributed by atoms with Crippen LogP contribution in [-0.4, -0.2) is 31.9 Å². The molecule has 1 aromatic heterocycles. The smallest absolute Gasteiger partial charge is 0.319 e. The Labute approximate surface area is 123 Å². The minimum absolute atomic E-state index is 0.163. The van der Waals surface area contributed by atoms with Crippen LogP contribution in [0.2, 0.25) is 5.02 Å². The Bertz CT molecular complexity index is 660. The Hall–Kier alpha value is -1.93. The van der Waals surface area contributed by atoms with E-state index < -0.39 is 18.0 Å². The lowest BCUT2D eigenvalue weighted by atomic mass is 10.2. The van der Waals surface area contributed by atoms with Crippen LogP contribution < -0.4 is 10.6 Å². The standard InChI is InChI=1S/C11H11ClN4O3S/c1-5(4-8(17)18)13-11(19)14-9-6(12)2-3-7-10(9)16-20-15-7/h2-3,5H,4H2,1H3,(H,17,18)(H2,13,14,19). The topological polar surface area (TPSA) is 104 Å². The number of carbonyl (C=O) groups is 2. The fourth-order valence-corrected chi connectivity index (χ4v) is 2.37. The van der Waals surface area contributed by atoms with Gasteiger partial charge in [0.1, 0.15) is 11.0 Å². The SMILES string of the molecule is CC(CC(=O)O)NC(=O)Nc1c(Cl)ccc2nsnc12. The number of rotatable bonds is 4. The number of aliphatic carboxylic acids is 1. The number of aromatic nitrogens is 2. The van der Waals surface area contributed by atoms with E-state index in [1.165, 1.54) is 0 Å². The van der Waals surface area contributed by atoms with Gasteiger partial charge in [-0.25, -0.2) is 4.79 Å². The molecule has 1 aromatic carbocycles. The highest BCUT2D eigenvalue weighted by atomic mass is 35.5. The van der Waals surface area contributed by atoms with E-state index in [1.807, 2.05) is 0 Å². The maximum atomic E-state index is 11.8. The summed E-state index contributed by atoms with van der Waals surface area (Å²) < 4.78 is 8.12. The zero-order valence-electron chi connectivity index (χ0n) is 10.4. The number of halogens is 1. The van der Waals surface area contributed by atoms with Gasteiger partial charge in [-0.2, -0.15) is 8.75 Å². The lowest BCUT2D eigenvalue weighted by Crippen LogP contribution is -2.37. The van der Waals surface area contributed by atoms with E-state index in [0.717, 1.165) is 11.7 Å². The molecule has 1 unspecified atom stereocenters. The third-order valence-electron chi connectivity index (χ3n) is 2.47. The average molecular weight is 315 g/mol. The minimum atomic E-state index is -0.985. The Morgan fingerprint density at radius 2 is 2.20 bits per heavy atom.